The minimum Gasteiger partial charge on any atom is -0.478 e. The third kappa shape index (κ3) is 2.96. The van der Waals surface area contributed by atoms with E-state index in [0.29, 0.717) is 17.8 Å². The van der Waals surface area contributed by atoms with Crippen LogP contribution in [0.4, 0.5) is 10.1 Å². The molecule has 0 aromatic heterocycles. The summed E-state index contributed by atoms with van der Waals surface area (Å²) in [6.45, 7) is 2.21. The van der Waals surface area contributed by atoms with Gasteiger partial charge in [0.1, 0.15) is 5.82 Å². The van der Waals surface area contributed by atoms with Crippen molar-refractivity contribution in [1.29, 1.82) is 0 Å². The van der Waals surface area contributed by atoms with Crippen LogP contribution in [0.25, 0.3) is 0 Å². The average molecular weight is 273 g/mol. The van der Waals surface area contributed by atoms with Gasteiger partial charge in [-0.15, -0.1) is 0 Å². The molecule has 0 atom stereocenters. The van der Waals surface area contributed by atoms with Crippen LogP contribution < -0.4 is 4.90 Å². The standard InChI is InChI=1S/C16H16FNO2/c1-11-7-8-13(16(19)20)15(9-11)18(2)10-12-5-3-4-6-14(12)17/h3-9H,10H2,1-2H3,(H,19,20). The number of hydrogen-bond acceptors (Lipinski definition) is 2. The van der Waals surface area contributed by atoms with Crippen LogP contribution >= 0.6 is 0 Å². The predicted molar refractivity (Wildman–Crippen MR) is 76.6 cm³/mol. The zero-order valence-corrected chi connectivity index (χ0v) is 11.4. The molecule has 0 fully saturated rings. The molecule has 0 radical (unpaired) electrons. The van der Waals surface area contributed by atoms with Crippen molar-refractivity contribution in [3.05, 3.63) is 65.0 Å². The van der Waals surface area contributed by atoms with Crippen LogP contribution in [0.5, 0.6) is 0 Å². The molecule has 2 rings (SSSR count). The number of hydrogen-bond donors (Lipinski definition) is 1. The molecule has 0 heterocycles. The van der Waals surface area contributed by atoms with Crippen LogP contribution in [0.2, 0.25) is 0 Å². The number of rotatable bonds is 4. The number of aromatic carboxylic acids is 1. The van der Waals surface area contributed by atoms with Crippen LogP contribution in [0.1, 0.15) is 21.5 Å². The third-order valence-electron chi connectivity index (χ3n) is 3.16. The Balaban J connectivity index is 2.34. The highest BCUT2D eigenvalue weighted by atomic mass is 19.1. The third-order valence-corrected chi connectivity index (χ3v) is 3.16. The maximum atomic E-state index is 13.7. The number of benzene rings is 2. The summed E-state index contributed by atoms with van der Waals surface area (Å²) in [6, 6.07) is 11.6. The number of carboxylic acids is 1. The summed E-state index contributed by atoms with van der Waals surface area (Å²) in [5.74, 6) is -1.27. The Morgan fingerprint density at radius 1 is 1.25 bits per heavy atom. The van der Waals surface area contributed by atoms with Crippen molar-refractivity contribution >= 4 is 11.7 Å². The molecule has 2 aromatic rings. The molecule has 0 spiro atoms. The Kier molecular flexibility index (Phi) is 4.03. The fraction of sp³-hybridized carbons (Fsp3) is 0.188. The Morgan fingerprint density at radius 2 is 1.95 bits per heavy atom. The summed E-state index contributed by atoms with van der Waals surface area (Å²) < 4.78 is 13.7. The van der Waals surface area contributed by atoms with Crippen LogP contribution in [0.3, 0.4) is 0 Å². The number of anilines is 1. The van der Waals surface area contributed by atoms with Crippen molar-refractivity contribution in [2.45, 2.75) is 13.5 Å². The summed E-state index contributed by atoms with van der Waals surface area (Å²) in [7, 11) is 1.76. The molecule has 0 aliphatic heterocycles. The largest absolute Gasteiger partial charge is 0.478 e. The van der Waals surface area contributed by atoms with Crippen LogP contribution in [-0.4, -0.2) is 18.1 Å². The van der Waals surface area contributed by atoms with Crippen molar-refractivity contribution in [2.75, 3.05) is 11.9 Å². The molecule has 2 aromatic carbocycles. The van der Waals surface area contributed by atoms with E-state index in [-0.39, 0.29) is 11.4 Å². The van der Waals surface area contributed by atoms with Crippen molar-refractivity contribution in [2.24, 2.45) is 0 Å². The maximum Gasteiger partial charge on any atom is 0.337 e. The topological polar surface area (TPSA) is 40.5 Å². The lowest BCUT2D eigenvalue weighted by Gasteiger charge is -2.22. The minimum absolute atomic E-state index is 0.217. The van der Waals surface area contributed by atoms with Crippen molar-refractivity contribution in [1.82, 2.24) is 0 Å². The van der Waals surface area contributed by atoms with E-state index in [1.54, 1.807) is 48.3 Å². The Labute approximate surface area is 117 Å². The number of halogens is 1. The SMILES string of the molecule is Cc1ccc(C(=O)O)c(N(C)Cc2ccccc2F)c1. The first-order valence-corrected chi connectivity index (χ1v) is 6.27. The molecule has 0 saturated heterocycles. The fourth-order valence-electron chi connectivity index (χ4n) is 2.11. The molecule has 0 amide bonds. The molecule has 3 nitrogen and oxygen atoms in total. The molecule has 104 valence electrons. The minimum atomic E-state index is -0.986. The quantitative estimate of drug-likeness (QED) is 0.927. The van der Waals surface area contributed by atoms with E-state index in [1.165, 1.54) is 6.07 Å². The van der Waals surface area contributed by atoms with E-state index in [4.69, 9.17) is 0 Å². The molecular weight excluding hydrogens is 257 g/mol. The van der Waals surface area contributed by atoms with Gasteiger partial charge in [-0.3, -0.25) is 0 Å². The summed E-state index contributed by atoms with van der Waals surface area (Å²) in [6.07, 6.45) is 0. The lowest BCUT2D eigenvalue weighted by atomic mass is 10.1. The molecule has 0 unspecified atom stereocenters. The highest BCUT2D eigenvalue weighted by Crippen LogP contribution is 2.23. The van der Waals surface area contributed by atoms with Gasteiger partial charge in [-0.25, -0.2) is 9.18 Å². The van der Waals surface area contributed by atoms with Gasteiger partial charge in [-0.1, -0.05) is 24.3 Å². The second-order valence-electron chi connectivity index (χ2n) is 4.77. The van der Waals surface area contributed by atoms with Crippen molar-refractivity contribution in [3.63, 3.8) is 0 Å². The van der Waals surface area contributed by atoms with Gasteiger partial charge >= 0.3 is 5.97 Å². The van der Waals surface area contributed by atoms with Crippen molar-refractivity contribution in [3.8, 4) is 0 Å². The number of carboxylic acid groups (broad SMARTS) is 1. The monoisotopic (exact) mass is 273 g/mol. The van der Waals surface area contributed by atoms with Crippen LogP contribution in [-0.2, 0) is 6.54 Å². The fourth-order valence-corrected chi connectivity index (χ4v) is 2.11. The lowest BCUT2D eigenvalue weighted by Crippen LogP contribution is -2.20. The summed E-state index contributed by atoms with van der Waals surface area (Å²) >= 11 is 0. The highest BCUT2D eigenvalue weighted by Gasteiger charge is 2.14. The second-order valence-corrected chi connectivity index (χ2v) is 4.77. The number of nitrogens with zero attached hydrogens (tertiary/aromatic N) is 1. The van der Waals surface area contributed by atoms with Gasteiger partial charge in [0.25, 0.3) is 0 Å². The molecule has 0 aliphatic rings. The average Bonchev–Trinajstić information content (AvgIpc) is 2.40. The van der Waals surface area contributed by atoms with E-state index in [2.05, 4.69) is 0 Å². The van der Waals surface area contributed by atoms with Crippen molar-refractivity contribution < 1.29 is 14.3 Å². The first-order chi connectivity index (χ1) is 9.49. The van der Waals surface area contributed by atoms with Gasteiger partial charge in [0.05, 0.1) is 11.3 Å². The van der Waals surface area contributed by atoms with Gasteiger partial charge in [0.15, 0.2) is 0 Å². The summed E-state index contributed by atoms with van der Waals surface area (Å²) in [4.78, 5) is 13.0. The first kappa shape index (κ1) is 14.1. The number of aryl methyl sites for hydroxylation is 1. The maximum absolute atomic E-state index is 13.7. The molecule has 20 heavy (non-hydrogen) atoms. The molecule has 0 saturated carbocycles. The van der Waals surface area contributed by atoms with E-state index < -0.39 is 5.97 Å². The first-order valence-electron chi connectivity index (χ1n) is 6.27. The van der Waals surface area contributed by atoms with E-state index >= 15 is 0 Å². The Bertz CT molecular complexity index is 640. The molecule has 1 N–H and O–H groups in total. The predicted octanol–water partition coefficient (Wildman–Crippen LogP) is 3.47. The van der Waals surface area contributed by atoms with Crippen LogP contribution in [0.15, 0.2) is 42.5 Å². The Morgan fingerprint density at radius 3 is 2.60 bits per heavy atom. The molecule has 0 aliphatic carbocycles. The van der Waals surface area contributed by atoms with Gasteiger partial charge in [0, 0.05) is 19.2 Å². The van der Waals surface area contributed by atoms with Gasteiger partial charge in [-0.2, -0.15) is 0 Å². The van der Waals surface area contributed by atoms with Gasteiger partial charge in [-0.05, 0) is 30.7 Å². The summed E-state index contributed by atoms with van der Waals surface area (Å²) in [5, 5.41) is 9.23. The normalized spacial score (nSPS) is 10.3. The zero-order chi connectivity index (χ0) is 14.7. The zero-order valence-electron chi connectivity index (χ0n) is 11.4. The van der Waals surface area contributed by atoms with Gasteiger partial charge in [0.2, 0.25) is 0 Å². The smallest absolute Gasteiger partial charge is 0.337 e. The van der Waals surface area contributed by atoms with E-state index in [0.717, 1.165) is 5.56 Å². The van der Waals surface area contributed by atoms with Crippen LogP contribution in [0, 0.1) is 12.7 Å². The van der Waals surface area contributed by atoms with E-state index in [1.807, 2.05) is 6.92 Å². The second kappa shape index (κ2) is 5.74. The van der Waals surface area contributed by atoms with E-state index in [9.17, 15) is 14.3 Å². The molecular formula is C16H16FNO2. The number of carbonyl (C=O) groups is 1. The lowest BCUT2D eigenvalue weighted by molar-refractivity contribution is 0.0697. The summed E-state index contributed by atoms with van der Waals surface area (Å²) in [5.41, 5.74) is 2.30. The highest BCUT2D eigenvalue weighted by molar-refractivity contribution is 5.94. The molecule has 4 heteroatoms. The molecule has 0 bridgehead atoms. The van der Waals surface area contributed by atoms with Gasteiger partial charge < -0.3 is 10.0 Å². The Hall–Kier alpha value is -2.36.